The van der Waals surface area contributed by atoms with Crippen LogP contribution in [-0.4, -0.2) is 29.9 Å². The van der Waals surface area contributed by atoms with Gasteiger partial charge in [0.25, 0.3) is 0 Å². The predicted molar refractivity (Wildman–Crippen MR) is 85.3 cm³/mol. The summed E-state index contributed by atoms with van der Waals surface area (Å²) < 4.78 is 10.4. The molecule has 1 heterocycles. The Morgan fingerprint density at radius 3 is 3.05 bits per heavy atom. The van der Waals surface area contributed by atoms with Crippen molar-refractivity contribution < 1.29 is 13.9 Å². The molecule has 2 rings (SSSR count). The molecule has 1 fully saturated rings. The van der Waals surface area contributed by atoms with Crippen LogP contribution in [0.5, 0.6) is 0 Å². The fraction of sp³-hybridized carbons (Fsp3) is 0.688. The number of hydrogen-bond donors (Lipinski definition) is 1. The van der Waals surface area contributed by atoms with Gasteiger partial charge in [-0.05, 0) is 51.7 Å². The van der Waals surface area contributed by atoms with E-state index in [0.717, 1.165) is 37.2 Å². The summed E-state index contributed by atoms with van der Waals surface area (Å²) in [6.07, 6.45) is 5.57. The molecule has 1 N–H and O–H groups in total. The minimum absolute atomic E-state index is 0.125. The summed E-state index contributed by atoms with van der Waals surface area (Å²) in [6, 6.07) is 4.17. The first-order chi connectivity index (χ1) is 10.1. The maximum absolute atomic E-state index is 12.3. The summed E-state index contributed by atoms with van der Waals surface area (Å²) in [5.41, 5.74) is -0.526. The maximum Gasteiger partial charge on any atom is 0.326 e. The highest BCUT2D eigenvalue weighted by atomic mass is 32.2. The Kier molecular flexibility index (Phi) is 5.76. The van der Waals surface area contributed by atoms with Gasteiger partial charge in [0.15, 0.2) is 0 Å². The number of rotatable bonds is 6. The van der Waals surface area contributed by atoms with Crippen molar-refractivity contribution in [1.82, 2.24) is 5.32 Å². The monoisotopic (exact) mass is 311 g/mol. The van der Waals surface area contributed by atoms with Crippen molar-refractivity contribution in [1.29, 1.82) is 0 Å². The van der Waals surface area contributed by atoms with Crippen LogP contribution >= 0.6 is 11.8 Å². The number of furan rings is 1. The molecule has 0 saturated heterocycles. The van der Waals surface area contributed by atoms with E-state index < -0.39 is 5.54 Å². The number of ether oxygens (including phenoxy) is 1. The van der Waals surface area contributed by atoms with Crippen LogP contribution < -0.4 is 5.32 Å². The van der Waals surface area contributed by atoms with E-state index in [1.807, 2.05) is 23.9 Å². The number of carbonyl (C=O) groups is 1. The predicted octanol–water partition coefficient (Wildman–Crippen LogP) is 3.37. The van der Waals surface area contributed by atoms with E-state index in [2.05, 4.69) is 19.2 Å². The largest absolute Gasteiger partial charge is 0.468 e. The van der Waals surface area contributed by atoms with E-state index >= 15 is 0 Å². The van der Waals surface area contributed by atoms with Crippen LogP contribution in [0.2, 0.25) is 0 Å². The first-order valence-electron chi connectivity index (χ1n) is 7.56. The van der Waals surface area contributed by atoms with Gasteiger partial charge >= 0.3 is 5.97 Å². The van der Waals surface area contributed by atoms with Crippen LogP contribution in [0.4, 0.5) is 0 Å². The molecule has 1 saturated carbocycles. The standard InChI is InChI=1S/C16H25NO3S/c1-12(2)17-16(15(18)19-3)8-4-7-14(10-16)21-11-13-6-5-9-20-13/h5-6,9,12,14,17H,4,7-8,10-11H2,1-3H3. The van der Waals surface area contributed by atoms with Gasteiger partial charge in [-0.15, -0.1) is 0 Å². The van der Waals surface area contributed by atoms with Crippen molar-refractivity contribution in [2.75, 3.05) is 7.11 Å². The summed E-state index contributed by atoms with van der Waals surface area (Å²) in [6.45, 7) is 4.15. The Balaban J connectivity index is 2.00. The van der Waals surface area contributed by atoms with Gasteiger partial charge in [-0.25, -0.2) is 0 Å². The number of carbonyl (C=O) groups excluding carboxylic acids is 1. The van der Waals surface area contributed by atoms with Crippen LogP contribution in [-0.2, 0) is 15.3 Å². The SMILES string of the molecule is COC(=O)C1(NC(C)C)CCCC(SCc2ccco2)C1. The van der Waals surface area contributed by atoms with Crippen LogP contribution in [0.25, 0.3) is 0 Å². The van der Waals surface area contributed by atoms with Crippen LogP contribution in [0.1, 0.15) is 45.3 Å². The van der Waals surface area contributed by atoms with E-state index in [0.29, 0.717) is 5.25 Å². The second-order valence-corrected chi connectivity index (χ2v) is 7.27. The fourth-order valence-corrected chi connectivity index (χ4v) is 4.38. The van der Waals surface area contributed by atoms with Crippen LogP contribution in [0, 0.1) is 0 Å². The average molecular weight is 311 g/mol. The Morgan fingerprint density at radius 2 is 2.43 bits per heavy atom. The molecule has 1 aliphatic rings. The first-order valence-corrected chi connectivity index (χ1v) is 8.61. The lowest BCUT2D eigenvalue weighted by Crippen LogP contribution is -2.58. The zero-order valence-corrected chi connectivity index (χ0v) is 13.9. The summed E-state index contributed by atoms with van der Waals surface area (Å²) in [4.78, 5) is 12.3. The van der Waals surface area contributed by atoms with Gasteiger partial charge in [-0.2, -0.15) is 11.8 Å². The third kappa shape index (κ3) is 4.27. The molecule has 118 valence electrons. The van der Waals surface area contributed by atoms with E-state index in [-0.39, 0.29) is 12.0 Å². The zero-order valence-electron chi connectivity index (χ0n) is 13.1. The number of hydrogen-bond acceptors (Lipinski definition) is 5. The zero-order chi connectivity index (χ0) is 15.3. The van der Waals surface area contributed by atoms with Gasteiger partial charge in [0, 0.05) is 11.3 Å². The Morgan fingerprint density at radius 1 is 1.62 bits per heavy atom. The highest BCUT2D eigenvalue weighted by Crippen LogP contribution is 2.37. The van der Waals surface area contributed by atoms with Gasteiger partial charge in [0.05, 0.1) is 19.1 Å². The molecule has 4 nitrogen and oxygen atoms in total. The molecule has 2 unspecified atom stereocenters. The molecule has 5 heteroatoms. The van der Waals surface area contributed by atoms with E-state index in [9.17, 15) is 4.79 Å². The molecular weight excluding hydrogens is 286 g/mol. The summed E-state index contributed by atoms with van der Waals surface area (Å²) in [7, 11) is 1.48. The van der Waals surface area contributed by atoms with Gasteiger partial charge in [0.2, 0.25) is 0 Å². The minimum Gasteiger partial charge on any atom is -0.468 e. The average Bonchev–Trinajstić information content (AvgIpc) is 2.97. The molecule has 0 spiro atoms. The Hall–Kier alpha value is -0.940. The lowest BCUT2D eigenvalue weighted by molar-refractivity contribution is -0.150. The maximum atomic E-state index is 12.3. The molecule has 2 atom stereocenters. The van der Waals surface area contributed by atoms with Gasteiger partial charge in [-0.3, -0.25) is 10.1 Å². The number of methoxy groups -OCH3 is 1. The van der Waals surface area contributed by atoms with E-state index in [1.54, 1.807) is 6.26 Å². The van der Waals surface area contributed by atoms with E-state index in [1.165, 1.54) is 7.11 Å². The molecule has 0 amide bonds. The summed E-state index contributed by atoms with van der Waals surface area (Å²) >= 11 is 1.87. The molecule has 1 aliphatic carbocycles. The van der Waals surface area contributed by atoms with E-state index in [4.69, 9.17) is 9.15 Å². The number of nitrogens with one attached hydrogen (secondary N) is 1. The Bertz CT molecular complexity index is 446. The smallest absolute Gasteiger partial charge is 0.326 e. The van der Waals surface area contributed by atoms with Crippen molar-refractivity contribution in [3.8, 4) is 0 Å². The molecular formula is C16H25NO3S. The summed E-state index contributed by atoms with van der Waals surface area (Å²) in [5.74, 6) is 1.72. The minimum atomic E-state index is -0.526. The fourth-order valence-electron chi connectivity index (χ4n) is 3.08. The normalized spacial score (nSPS) is 26.0. The number of thioether (sulfide) groups is 1. The molecule has 0 aromatic carbocycles. The molecule has 21 heavy (non-hydrogen) atoms. The molecule has 0 aliphatic heterocycles. The van der Waals surface area contributed by atoms with Crippen LogP contribution in [0.3, 0.4) is 0 Å². The topological polar surface area (TPSA) is 51.5 Å². The Labute approximate surface area is 131 Å². The second kappa shape index (κ2) is 7.36. The van der Waals surface area contributed by atoms with Crippen molar-refractivity contribution in [3.05, 3.63) is 24.2 Å². The summed E-state index contributed by atoms with van der Waals surface area (Å²) in [5, 5.41) is 3.91. The number of esters is 1. The van der Waals surface area contributed by atoms with Crippen molar-refractivity contribution in [2.24, 2.45) is 0 Å². The molecule has 0 radical (unpaired) electrons. The van der Waals surface area contributed by atoms with Crippen LogP contribution in [0.15, 0.2) is 22.8 Å². The highest BCUT2D eigenvalue weighted by Gasteiger charge is 2.44. The van der Waals surface area contributed by atoms with Crippen molar-refractivity contribution in [3.63, 3.8) is 0 Å². The first kappa shape index (κ1) is 16.4. The molecule has 1 aromatic rings. The van der Waals surface area contributed by atoms with Gasteiger partial charge < -0.3 is 9.15 Å². The molecule has 1 aromatic heterocycles. The van der Waals surface area contributed by atoms with Crippen molar-refractivity contribution >= 4 is 17.7 Å². The third-order valence-electron chi connectivity index (χ3n) is 3.89. The molecule has 0 bridgehead atoms. The van der Waals surface area contributed by atoms with Gasteiger partial charge in [0.1, 0.15) is 11.3 Å². The third-order valence-corrected chi connectivity index (χ3v) is 5.21. The van der Waals surface area contributed by atoms with Crippen molar-refractivity contribution in [2.45, 2.75) is 62.1 Å². The second-order valence-electron chi connectivity index (χ2n) is 5.98. The lowest BCUT2D eigenvalue weighted by Gasteiger charge is -2.40. The quantitative estimate of drug-likeness (QED) is 0.816. The highest BCUT2D eigenvalue weighted by molar-refractivity contribution is 7.99. The van der Waals surface area contributed by atoms with Gasteiger partial charge in [-0.1, -0.05) is 0 Å². The lowest BCUT2D eigenvalue weighted by atomic mass is 9.81.